The first-order chi connectivity index (χ1) is 10.6. The third-order valence-corrected chi connectivity index (χ3v) is 5.23. The van der Waals surface area contributed by atoms with Gasteiger partial charge in [0.15, 0.2) is 0 Å². The smallest absolute Gasteiger partial charge is 0.247 e. The van der Waals surface area contributed by atoms with Crippen molar-refractivity contribution in [2.24, 2.45) is 11.3 Å². The average Bonchev–Trinajstić information content (AvgIpc) is 3.26. The lowest BCUT2D eigenvalue weighted by Gasteiger charge is -2.21. The molecule has 0 spiro atoms. The molecular formula is C15H12BrFN4O. The molecule has 2 aromatic rings. The van der Waals surface area contributed by atoms with Crippen LogP contribution in [0.4, 0.5) is 10.1 Å². The van der Waals surface area contributed by atoms with E-state index in [9.17, 15) is 14.4 Å². The van der Waals surface area contributed by atoms with Gasteiger partial charge in [0, 0.05) is 6.54 Å². The summed E-state index contributed by atoms with van der Waals surface area (Å²) >= 11 is 3.14. The summed E-state index contributed by atoms with van der Waals surface area (Å²) in [5.74, 6) is -0.497. The Bertz CT molecular complexity index is 838. The van der Waals surface area contributed by atoms with Gasteiger partial charge in [0.05, 0.1) is 27.9 Å². The zero-order chi connectivity index (χ0) is 15.5. The molecule has 1 amide bonds. The maximum Gasteiger partial charge on any atom is 0.247 e. The van der Waals surface area contributed by atoms with E-state index in [1.807, 2.05) is 0 Å². The monoisotopic (exact) mass is 362 g/mol. The van der Waals surface area contributed by atoms with E-state index in [-0.39, 0.29) is 11.8 Å². The fourth-order valence-electron chi connectivity index (χ4n) is 3.34. The number of anilines is 1. The van der Waals surface area contributed by atoms with Crippen molar-refractivity contribution in [2.45, 2.75) is 19.3 Å². The first-order valence-corrected chi connectivity index (χ1v) is 7.93. The molecule has 1 saturated carbocycles. The van der Waals surface area contributed by atoms with Gasteiger partial charge in [-0.25, -0.2) is 4.52 Å². The summed E-state index contributed by atoms with van der Waals surface area (Å²) in [6, 6.07) is 5.56. The number of rotatable bonds is 2. The van der Waals surface area contributed by atoms with Crippen LogP contribution in [0.1, 0.15) is 19.3 Å². The number of amides is 1. The molecule has 22 heavy (non-hydrogen) atoms. The van der Waals surface area contributed by atoms with Crippen LogP contribution in [0.15, 0.2) is 22.8 Å². The molecule has 0 bridgehead atoms. The van der Waals surface area contributed by atoms with Crippen molar-refractivity contribution in [3.05, 3.63) is 28.7 Å². The van der Waals surface area contributed by atoms with Gasteiger partial charge in [-0.15, -0.1) is 0 Å². The summed E-state index contributed by atoms with van der Waals surface area (Å²) in [7, 11) is 0. The quantitative estimate of drug-likeness (QED) is 0.824. The highest BCUT2D eigenvalue weighted by Gasteiger charge is 2.57. The van der Waals surface area contributed by atoms with E-state index in [0.717, 1.165) is 17.4 Å². The van der Waals surface area contributed by atoms with E-state index in [0.29, 0.717) is 28.6 Å². The molecule has 5 nitrogen and oxygen atoms in total. The maximum atomic E-state index is 14.0. The molecular weight excluding hydrogens is 351 g/mol. The number of nitriles is 1. The minimum Gasteiger partial charge on any atom is -0.309 e. The molecule has 3 heterocycles. The summed E-state index contributed by atoms with van der Waals surface area (Å²) in [4.78, 5) is 14.4. The SMILES string of the molecule is N#C[C@@]1(C2CC2)CCN(c2ccnn3c(F)c(Br)cc23)C1=O. The molecule has 0 radical (unpaired) electrons. The second kappa shape index (κ2) is 4.53. The number of hydrogen-bond donors (Lipinski definition) is 0. The molecule has 1 aliphatic carbocycles. The van der Waals surface area contributed by atoms with Crippen molar-refractivity contribution in [3.8, 4) is 6.07 Å². The maximum absolute atomic E-state index is 14.0. The second-order valence-electron chi connectivity index (χ2n) is 5.86. The Labute approximate surface area is 134 Å². The van der Waals surface area contributed by atoms with Gasteiger partial charge in [0.1, 0.15) is 5.41 Å². The molecule has 0 unspecified atom stereocenters. The van der Waals surface area contributed by atoms with E-state index < -0.39 is 11.4 Å². The zero-order valence-electron chi connectivity index (χ0n) is 11.6. The third kappa shape index (κ3) is 1.67. The lowest BCUT2D eigenvalue weighted by Crippen LogP contribution is -2.35. The molecule has 4 rings (SSSR count). The molecule has 2 fully saturated rings. The topological polar surface area (TPSA) is 61.4 Å². The Morgan fingerprint density at radius 2 is 2.27 bits per heavy atom. The number of carbonyl (C=O) groups is 1. The molecule has 1 saturated heterocycles. The number of fused-ring (bicyclic) bond motifs is 1. The van der Waals surface area contributed by atoms with Crippen LogP contribution in [-0.4, -0.2) is 22.1 Å². The predicted octanol–water partition coefficient (Wildman–Crippen LogP) is 2.89. The van der Waals surface area contributed by atoms with Crippen molar-refractivity contribution in [1.82, 2.24) is 9.61 Å². The molecule has 2 aliphatic rings. The molecule has 0 aromatic carbocycles. The van der Waals surface area contributed by atoms with Crippen LogP contribution in [0.25, 0.3) is 5.52 Å². The average molecular weight is 363 g/mol. The van der Waals surface area contributed by atoms with Gasteiger partial charge in [0.25, 0.3) is 0 Å². The van der Waals surface area contributed by atoms with Gasteiger partial charge in [0.2, 0.25) is 11.9 Å². The largest absolute Gasteiger partial charge is 0.309 e. The van der Waals surface area contributed by atoms with Gasteiger partial charge >= 0.3 is 0 Å². The van der Waals surface area contributed by atoms with Crippen LogP contribution < -0.4 is 4.90 Å². The summed E-state index contributed by atoms with van der Waals surface area (Å²) in [5.41, 5.74) is 0.218. The first kappa shape index (κ1) is 13.7. The van der Waals surface area contributed by atoms with Crippen molar-refractivity contribution >= 4 is 33.0 Å². The second-order valence-corrected chi connectivity index (χ2v) is 6.72. The van der Waals surface area contributed by atoms with Crippen LogP contribution in [0.3, 0.4) is 0 Å². The first-order valence-electron chi connectivity index (χ1n) is 7.13. The third-order valence-electron chi connectivity index (χ3n) is 4.67. The molecule has 0 N–H and O–H groups in total. The van der Waals surface area contributed by atoms with Gasteiger partial charge < -0.3 is 4.90 Å². The molecule has 1 aliphatic heterocycles. The van der Waals surface area contributed by atoms with Gasteiger partial charge in [-0.3, -0.25) is 4.79 Å². The number of halogens is 2. The molecule has 112 valence electrons. The number of hydrogen-bond acceptors (Lipinski definition) is 3. The Morgan fingerprint density at radius 3 is 2.95 bits per heavy atom. The van der Waals surface area contributed by atoms with E-state index in [4.69, 9.17) is 0 Å². The molecule has 1 atom stereocenters. The van der Waals surface area contributed by atoms with Crippen LogP contribution in [0.2, 0.25) is 0 Å². The lowest BCUT2D eigenvalue weighted by atomic mass is 9.83. The summed E-state index contributed by atoms with van der Waals surface area (Å²) in [5, 5.41) is 13.5. The van der Waals surface area contributed by atoms with Gasteiger partial charge in [-0.05, 0) is 53.2 Å². The number of aromatic nitrogens is 2. The highest BCUT2D eigenvalue weighted by Crippen LogP contribution is 2.52. The minimum absolute atomic E-state index is 0.164. The summed E-state index contributed by atoms with van der Waals surface area (Å²) in [6.07, 6.45) is 3.87. The highest BCUT2D eigenvalue weighted by molar-refractivity contribution is 9.10. The van der Waals surface area contributed by atoms with E-state index in [2.05, 4.69) is 27.1 Å². The standard InChI is InChI=1S/C15H12BrFN4O/c16-10-7-12-11(3-5-19-21(12)13(10)17)20-6-4-15(8-18,14(20)22)9-1-2-9/h3,5,7,9H,1-2,4,6H2/t15-/m1/s1. The van der Waals surface area contributed by atoms with Crippen molar-refractivity contribution in [3.63, 3.8) is 0 Å². The van der Waals surface area contributed by atoms with E-state index in [1.54, 1.807) is 17.0 Å². The minimum atomic E-state index is -0.900. The summed E-state index contributed by atoms with van der Waals surface area (Å²) in [6.45, 7) is 0.479. The fourth-order valence-corrected chi connectivity index (χ4v) is 3.73. The number of nitrogens with zero attached hydrogens (tertiary/aromatic N) is 4. The fraction of sp³-hybridized carbons (Fsp3) is 0.400. The Hall–Kier alpha value is -1.94. The van der Waals surface area contributed by atoms with Crippen LogP contribution in [0.5, 0.6) is 0 Å². The Morgan fingerprint density at radius 1 is 1.50 bits per heavy atom. The number of carbonyl (C=O) groups excluding carboxylic acids is 1. The van der Waals surface area contributed by atoms with Crippen LogP contribution >= 0.6 is 15.9 Å². The zero-order valence-corrected chi connectivity index (χ0v) is 13.2. The molecule has 2 aromatic heterocycles. The van der Waals surface area contributed by atoms with E-state index >= 15 is 0 Å². The highest BCUT2D eigenvalue weighted by atomic mass is 79.9. The van der Waals surface area contributed by atoms with Crippen LogP contribution in [-0.2, 0) is 4.79 Å². The Kier molecular flexibility index (Phi) is 2.82. The summed E-state index contributed by atoms with van der Waals surface area (Å²) < 4.78 is 15.4. The van der Waals surface area contributed by atoms with Gasteiger partial charge in [-0.1, -0.05) is 0 Å². The van der Waals surface area contributed by atoms with Crippen molar-refractivity contribution in [1.29, 1.82) is 5.26 Å². The lowest BCUT2D eigenvalue weighted by molar-refractivity contribution is -0.123. The Balaban J connectivity index is 1.82. The predicted molar refractivity (Wildman–Crippen MR) is 80.6 cm³/mol. The van der Waals surface area contributed by atoms with Gasteiger partial charge in [-0.2, -0.15) is 14.8 Å². The van der Waals surface area contributed by atoms with Crippen molar-refractivity contribution in [2.75, 3.05) is 11.4 Å². The van der Waals surface area contributed by atoms with Crippen molar-refractivity contribution < 1.29 is 9.18 Å². The van der Waals surface area contributed by atoms with Crippen LogP contribution in [0, 0.1) is 28.6 Å². The molecule has 7 heteroatoms. The normalized spacial score (nSPS) is 25.0. The van der Waals surface area contributed by atoms with E-state index in [1.165, 1.54) is 6.20 Å².